The van der Waals surface area contributed by atoms with E-state index in [1.807, 2.05) is 6.07 Å². The Hall–Kier alpha value is -2.44. The van der Waals surface area contributed by atoms with Gasteiger partial charge >= 0.3 is 0 Å². The summed E-state index contributed by atoms with van der Waals surface area (Å²) in [6.45, 7) is 2.50. The van der Waals surface area contributed by atoms with Crippen LogP contribution in [0.15, 0.2) is 23.2 Å². The average Bonchev–Trinajstić information content (AvgIpc) is 3.53. The minimum Gasteiger partial charge on any atom is -0.491 e. The van der Waals surface area contributed by atoms with Crippen molar-refractivity contribution in [2.75, 3.05) is 13.3 Å². The molecule has 3 N–H and O–H groups in total. The van der Waals surface area contributed by atoms with Crippen molar-refractivity contribution >= 4 is 17.6 Å². The summed E-state index contributed by atoms with van der Waals surface area (Å²) >= 11 is 0. The minimum atomic E-state index is -0.904. The molecule has 1 atom stereocenters. The van der Waals surface area contributed by atoms with Gasteiger partial charge in [-0.25, -0.2) is 4.39 Å². The molecular formula is C21H30FN3O3. The number of hydrogen-bond donors (Lipinski definition) is 2. The SMILES string of the molecule is CC(=O)N=C(N)[C@](C)(CC1CC1)NC(=O)c1ccc(C2CC2)c(OCCF)c1.[HH]. The number of hydrogen-bond acceptors (Lipinski definition) is 3. The first-order valence-corrected chi connectivity index (χ1v) is 9.83. The van der Waals surface area contributed by atoms with Crippen molar-refractivity contribution in [1.29, 1.82) is 0 Å². The Morgan fingerprint density at radius 1 is 1.36 bits per heavy atom. The molecule has 3 rings (SSSR count). The molecule has 0 heterocycles. The fourth-order valence-electron chi connectivity index (χ4n) is 3.42. The average molecular weight is 391 g/mol. The van der Waals surface area contributed by atoms with Gasteiger partial charge in [0.15, 0.2) is 0 Å². The van der Waals surface area contributed by atoms with Crippen molar-refractivity contribution in [2.24, 2.45) is 16.6 Å². The summed E-state index contributed by atoms with van der Waals surface area (Å²) in [5, 5.41) is 2.96. The van der Waals surface area contributed by atoms with Crippen LogP contribution < -0.4 is 15.8 Å². The third-order valence-electron chi connectivity index (χ3n) is 5.25. The Morgan fingerprint density at radius 3 is 2.64 bits per heavy atom. The van der Waals surface area contributed by atoms with Gasteiger partial charge in [0.05, 0.1) is 5.54 Å². The van der Waals surface area contributed by atoms with Crippen LogP contribution in [0.3, 0.4) is 0 Å². The monoisotopic (exact) mass is 391 g/mol. The van der Waals surface area contributed by atoms with Crippen LogP contribution in [0.5, 0.6) is 5.75 Å². The van der Waals surface area contributed by atoms with Crippen molar-refractivity contribution in [2.45, 2.75) is 57.4 Å². The van der Waals surface area contributed by atoms with Crippen molar-refractivity contribution < 1.29 is 20.1 Å². The molecule has 2 fully saturated rings. The lowest BCUT2D eigenvalue weighted by atomic mass is 9.92. The van der Waals surface area contributed by atoms with Crippen molar-refractivity contribution in [3.05, 3.63) is 29.3 Å². The van der Waals surface area contributed by atoms with Gasteiger partial charge in [-0.2, -0.15) is 4.99 Å². The zero-order valence-electron chi connectivity index (χ0n) is 16.5. The zero-order chi connectivity index (χ0) is 20.3. The molecule has 7 heteroatoms. The maximum absolute atomic E-state index is 12.9. The number of amides is 2. The number of carbonyl (C=O) groups excluding carboxylic acids is 2. The van der Waals surface area contributed by atoms with Crippen molar-refractivity contribution in [3.63, 3.8) is 0 Å². The van der Waals surface area contributed by atoms with Gasteiger partial charge in [-0.3, -0.25) is 9.59 Å². The number of benzene rings is 1. The highest BCUT2D eigenvalue weighted by molar-refractivity contribution is 6.03. The highest BCUT2D eigenvalue weighted by Gasteiger charge is 2.38. The number of halogens is 1. The first-order valence-electron chi connectivity index (χ1n) is 9.83. The van der Waals surface area contributed by atoms with Crippen LogP contribution in [-0.4, -0.2) is 36.5 Å². The summed E-state index contributed by atoms with van der Waals surface area (Å²) in [5.74, 6) is 0.837. The number of nitrogens with zero attached hydrogens (tertiary/aromatic N) is 1. The lowest BCUT2D eigenvalue weighted by molar-refractivity contribution is -0.115. The Bertz CT molecular complexity index is 793. The van der Waals surface area contributed by atoms with E-state index in [1.54, 1.807) is 19.1 Å². The van der Waals surface area contributed by atoms with E-state index in [0.29, 0.717) is 29.6 Å². The smallest absolute Gasteiger partial charge is 0.252 e. The van der Waals surface area contributed by atoms with E-state index < -0.39 is 18.1 Å². The number of carbonyl (C=O) groups is 2. The van der Waals surface area contributed by atoms with Crippen LogP contribution in [0.2, 0.25) is 0 Å². The third kappa shape index (κ3) is 5.09. The van der Waals surface area contributed by atoms with Gasteiger partial charge in [0.1, 0.15) is 24.9 Å². The highest BCUT2D eigenvalue weighted by Crippen LogP contribution is 2.44. The molecule has 0 radical (unpaired) electrons. The maximum Gasteiger partial charge on any atom is 0.252 e. The van der Waals surface area contributed by atoms with Gasteiger partial charge in [0, 0.05) is 13.9 Å². The standard InChI is InChI=1S/C21H28FN3O3.H2/c1-13(26)24-20(23)21(2,12-14-3-4-14)25-19(27)16-7-8-17(15-5-6-15)18(11-16)28-10-9-22;/h7-8,11,14-15H,3-6,9-10,12H2,1-2H3,(H,25,27)(H2,23,24,26);1H/t21-;/m0./s1. The second-order valence-electron chi connectivity index (χ2n) is 8.01. The molecule has 0 aliphatic heterocycles. The van der Waals surface area contributed by atoms with E-state index in [2.05, 4.69) is 10.3 Å². The highest BCUT2D eigenvalue weighted by atomic mass is 19.1. The minimum absolute atomic E-state index is 0. The molecule has 0 aromatic heterocycles. The Balaban J connectivity index is 0.00000300. The van der Waals surface area contributed by atoms with Gasteiger partial charge in [0.2, 0.25) is 5.91 Å². The van der Waals surface area contributed by atoms with E-state index in [4.69, 9.17) is 10.5 Å². The number of ether oxygens (including phenoxy) is 1. The lowest BCUT2D eigenvalue weighted by Crippen LogP contribution is -2.56. The first kappa shape index (κ1) is 20.3. The number of nitrogens with one attached hydrogen (secondary N) is 1. The van der Waals surface area contributed by atoms with Gasteiger partial charge in [-0.15, -0.1) is 0 Å². The second kappa shape index (κ2) is 8.29. The molecule has 1 aromatic carbocycles. The summed E-state index contributed by atoms with van der Waals surface area (Å²) in [5.41, 5.74) is 6.60. The van der Waals surface area contributed by atoms with Gasteiger partial charge in [-0.1, -0.05) is 18.9 Å². The quantitative estimate of drug-likeness (QED) is 0.499. The molecule has 2 aliphatic rings. The third-order valence-corrected chi connectivity index (χ3v) is 5.25. The van der Waals surface area contributed by atoms with Crippen LogP contribution in [0.1, 0.15) is 69.2 Å². The maximum atomic E-state index is 12.9. The molecule has 0 unspecified atom stereocenters. The number of amidine groups is 1. The van der Waals surface area contributed by atoms with Crippen LogP contribution in [-0.2, 0) is 4.79 Å². The first-order chi connectivity index (χ1) is 13.3. The molecule has 2 aliphatic carbocycles. The van der Waals surface area contributed by atoms with Crippen LogP contribution in [0, 0.1) is 5.92 Å². The second-order valence-corrected chi connectivity index (χ2v) is 8.01. The van der Waals surface area contributed by atoms with Gasteiger partial charge in [0.25, 0.3) is 5.91 Å². The molecule has 28 heavy (non-hydrogen) atoms. The normalized spacial score (nSPS) is 19.0. The molecule has 0 bridgehead atoms. The molecular weight excluding hydrogens is 361 g/mol. The predicted molar refractivity (Wildman–Crippen MR) is 108 cm³/mol. The molecule has 154 valence electrons. The molecule has 2 amide bonds. The van der Waals surface area contributed by atoms with Crippen LogP contribution in [0.4, 0.5) is 4.39 Å². The summed E-state index contributed by atoms with van der Waals surface area (Å²) in [7, 11) is 0. The Labute approximate surface area is 166 Å². The number of alkyl halides is 1. The molecule has 6 nitrogen and oxygen atoms in total. The lowest BCUT2D eigenvalue weighted by Gasteiger charge is -2.30. The largest absolute Gasteiger partial charge is 0.491 e. The van der Waals surface area contributed by atoms with E-state index in [0.717, 1.165) is 31.2 Å². The fourth-order valence-corrected chi connectivity index (χ4v) is 3.42. The van der Waals surface area contributed by atoms with E-state index in [1.165, 1.54) is 6.92 Å². The Morgan fingerprint density at radius 2 is 2.07 bits per heavy atom. The van der Waals surface area contributed by atoms with Crippen molar-refractivity contribution in [1.82, 2.24) is 5.32 Å². The molecule has 0 spiro atoms. The summed E-state index contributed by atoms with van der Waals surface area (Å²) in [4.78, 5) is 28.2. The summed E-state index contributed by atoms with van der Waals surface area (Å²) < 4.78 is 18.1. The molecule has 0 saturated heterocycles. The summed E-state index contributed by atoms with van der Waals surface area (Å²) in [6, 6.07) is 5.29. The van der Waals surface area contributed by atoms with E-state index >= 15 is 0 Å². The molecule has 1 aromatic rings. The number of aliphatic imine (C=N–C) groups is 1. The van der Waals surface area contributed by atoms with E-state index in [9.17, 15) is 14.0 Å². The van der Waals surface area contributed by atoms with Crippen LogP contribution in [0.25, 0.3) is 0 Å². The van der Waals surface area contributed by atoms with Gasteiger partial charge < -0.3 is 15.8 Å². The van der Waals surface area contributed by atoms with Crippen LogP contribution >= 0.6 is 0 Å². The van der Waals surface area contributed by atoms with Gasteiger partial charge in [-0.05, 0) is 55.7 Å². The van der Waals surface area contributed by atoms with E-state index in [-0.39, 0.29) is 19.8 Å². The fraction of sp³-hybridized carbons (Fsp3) is 0.571. The number of nitrogens with two attached hydrogens (primary N) is 1. The summed E-state index contributed by atoms with van der Waals surface area (Å²) in [6.07, 6.45) is 4.95. The predicted octanol–water partition coefficient (Wildman–Crippen LogP) is 3.35. The molecule has 2 saturated carbocycles. The number of rotatable bonds is 9. The zero-order valence-corrected chi connectivity index (χ0v) is 16.5. The topological polar surface area (TPSA) is 93.8 Å². The Kier molecular flexibility index (Phi) is 6.01. The van der Waals surface area contributed by atoms with Crippen molar-refractivity contribution in [3.8, 4) is 5.75 Å².